The first kappa shape index (κ1) is 13.9. The predicted octanol–water partition coefficient (Wildman–Crippen LogP) is 2.86. The van der Waals surface area contributed by atoms with Crippen LogP contribution in [0.4, 0.5) is 5.69 Å². The first-order valence-electron chi connectivity index (χ1n) is 7.74. The van der Waals surface area contributed by atoms with Crippen molar-refractivity contribution in [3.05, 3.63) is 29.3 Å². The van der Waals surface area contributed by atoms with Gasteiger partial charge in [-0.05, 0) is 50.8 Å². The molecule has 0 atom stereocenters. The Morgan fingerprint density at radius 3 is 2.80 bits per heavy atom. The van der Waals surface area contributed by atoms with Crippen molar-refractivity contribution in [2.45, 2.75) is 51.7 Å². The summed E-state index contributed by atoms with van der Waals surface area (Å²) in [4.78, 5) is 2.49. The molecule has 0 bridgehead atoms. The smallest absolute Gasteiger partial charge is 0.0694 e. The van der Waals surface area contributed by atoms with Crippen molar-refractivity contribution in [2.75, 3.05) is 24.7 Å². The van der Waals surface area contributed by atoms with Crippen molar-refractivity contribution in [3.63, 3.8) is 0 Å². The van der Waals surface area contributed by atoms with Crippen LogP contribution in [0.25, 0.3) is 0 Å². The SMILES string of the molecule is Cc1cc(CNC2CC2)ccc1N1CCOCC1(C)C. The highest BCUT2D eigenvalue weighted by Gasteiger charge is 2.31. The molecule has 2 fully saturated rings. The van der Waals surface area contributed by atoms with Crippen LogP contribution in [0.1, 0.15) is 37.8 Å². The monoisotopic (exact) mass is 274 g/mol. The molecule has 1 N–H and O–H groups in total. The van der Waals surface area contributed by atoms with Crippen LogP contribution >= 0.6 is 0 Å². The van der Waals surface area contributed by atoms with E-state index in [1.54, 1.807) is 0 Å². The van der Waals surface area contributed by atoms with Crippen molar-refractivity contribution >= 4 is 5.69 Å². The Labute approximate surface area is 122 Å². The van der Waals surface area contributed by atoms with Crippen LogP contribution in [0.5, 0.6) is 0 Å². The van der Waals surface area contributed by atoms with Crippen LogP contribution in [0.2, 0.25) is 0 Å². The number of aryl methyl sites for hydroxylation is 1. The van der Waals surface area contributed by atoms with Crippen molar-refractivity contribution < 1.29 is 4.74 Å². The van der Waals surface area contributed by atoms with Crippen LogP contribution in [0, 0.1) is 6.92 Å². The summed E-state index contributed by atoms with van der Waals surface area (Å²) >= 11 is 0. The van der Waals surface area contributed by atoms with Crippen LogP contribution in [-0.4, -0.2) is 31.3 Å². The minimum Gasteiger partial charge on any atom is -0.377 e. The van der Waals surface area contributed by atoms with E-state index in [0.29, 0.717) is 0 Å². The quantitative estimate of drug-likeness (QED) is 0.913. The summed E-state index contributed by atoms with van der Waals surface area (Å²) in [6, 6.07) is 7.65. The zero-order valence-corrected chi connectivity index (χ0v) is 12.9. The molecule has 0 aromatic heterocycles. The van der Waals surface area contributed by atoms with E-state index < -0.39 is 0 Å². The molecule has 0 amide bonds. The number of hydrogen-bond acceptors (Lipinski definition) is 3. The van der Waals surface area contributed by atoms with Gasteiger partial charge in [0.25, 0.3) is 0 Å². The van der Waals surface area contributed by atoms with Gasteiger partial charge in [0, 0.05) is 24.8 Å². The fraction of sp³-hybridized carbons (Fsp3) is 0.647. The predicted molar refractivity (Wildman–Crippen MR) is 83.3 cm³/mol. The van der Waals surface area contributed by atoms with Gasteiger partial charge < -0.3 is 15.0 Å². The Morgan fingerprint density at radius 2 is 2.15 bits per heavy atom. The minimum absolute atomic E-state index is 0.0801. The standard InChI is InChI=1S/C17H26N2O/c1-13-10-14(11-18-15-5-6-15)4-7-16(13)19-8-9-20-12-17(19,2)3/h4,7,10,15,18H,5-6,8-9,11-12H2,1-3H3. The zero-order chi connectivity index (χ0) is 14.2. The fourth-order valence-corrected chi connectivity index (χ4v) is 2.98. The maximum atomic E-state index is 5.62. The van der Waals surface area contributed by atoms with Gasteiger partial charge in [-0.15, -0.1) is 0 Å². The normalized spacial score (nSPS) is 22.1. The molecule has 2 aliphatic rings. The lowest BCUT2D eigenvalue weighted by molar-refractivity contribution is 0.0643. The van der Waals surface area contributed by atoms with Gasteiger partial charge in [-0.25, -0.2) is 0 Å². The Morgan fingerprint density at radius 1 is 1.35 bits per heavy atom. The summed E-state index contributed by atoms with van der Waals surface area (Å²) in [5.74, 6) is 0. The van der Waals surface area contributed by atoms with Crippen molar-refractivity contribution in [1.82, 2.24) is 5.32 Å². The molecule has 1 aromatic carbocycles. The number of morpholine rings is 1. The fourth-order valence-electron chi connectivity index (χ4n) is 2.98. The van der Waals surface area contributed by atoms with Gasteiger partial charge in [0.1, 0.15) is 0 Å². The Kier molecular flexibility index (Phi) is 3.74. The van der Waals surface area contributed by atoms with E-state index in [-0.39, 0.29) is 5.54 Å². The van der Waals surface area contributed by atoms with Gasteiger partial charge in [0.05, 0.1) is 18.8 Å². The second-order valence-electron chi connectivity index (χ2n) is 6.79. The second-order valence-corrected chi connectivity index (χ2v) is 6.79. The second kappa shape index (κ2) is 5.38. The molecule has 3 nitrogen and oxygen atoms in total. The molecule has 1 aliphatic heterocycles. The van der Waals surface area contributed by atoms with Gasteiger partial charge in [-0.3, -0.25) is 0 Å². The first-order valence-corrected chi connectivity index (χ1v) is 7.74. The Bertz CT molecular complexity index is 480. The van der Waals surface area contributed by atoms with E-state index in [1.807, 2.05) is 0 Å². The van der Waals surface area contributed by atoms with Crippen molar-refractivity contribution in [2.24, 2.45) is 0 Å². The molecule has 20 heavy (non-hydrogen) atoms. The van der Waals surface area contributed by atoms with Gasteiger partial charge in [-0.2, -0.15) is 0 Å². The van der Waals surface area contributed by atoms with Gasteiger partial charge in [0.15, 0.2) is 0 Å². The van der Waals surface area contributed by atoms with E-state index in [2.05, 4.69) is 49.2 Å². The Balaban J connectivity index is 1.75. The molecule has 1 saturated heterocycles. The molecule has 3 heteroatoms. The lowest BCUT2D eigenvalue weighted by Gasteiger charge is -2.44. The molecular weight excluding hydrogens is 248 g/mol. The van der Waals surface area contributed by atoms with E-state index in [4.69, 9.17) is 4.74 Å². The van der Waals surface area contributed by atoms with E-state index in [0.717, 1.165) is 32.3 Å². The summed E-state index contributed by atoms with van der Waals surface area (Å²) in [7, 11) is 0. The number of benzene rings is 1. The maximum Gasteiger partial charge on any atom is 0.0694 e. The van der Waals surface area contributed by atoms with Gasteiger partial charge in [-0.1, -0.05) is 12.1 Å². The molecule has 1 aliphatic carbocycles. The van der Waals surface area contributed by atoms with Gasteiger partial charge >= 0.3 is 0 Å². The van der Waals surface area contributed by atoms with Crippen LogP contribution in [0.15, 0.2) is 18.2 Å². The summed E-state index contributed by atoms with van der Waals surface area (Å²) in [6.07, 6.45) is 2.69. The molecule has 1 aromatic rings. The number of ether oxygens (including phenoxy) is 1. The lowest BCUT2D eigenvalue weighted by atomic mass is 9.99. The number of nitrogens with one attached hydrogen (secondary N) is 1. The average molecular weight is 274 g/mol. The van der Waals surface area contributed by atoms with Gasteiger partial charge in [0.2, 0.25) is 0 Å². The molecule has 1 saturated carbocycles. The average Bonchev–Trinajstić information content (AvgIpc) is 3.21. The van der Waals surface area contributed by atoms with E-state index in [9.17, 15) is 0 Å². The molecule has 1 heterocycles. The molecule has 0 unspecified atom stereocenters. The first-order chi connectivity index (χ1) is 9.56. The lowest BCUT2D eigenvalue weighted by Crippen LogP contribution is -2.53. The topological polar surface area (TPSA) is 24.5 Å². The van der Waals surface area contributed by atoms with Crippen LogP contribution in [0.3, 0.4) is 0 Å². The summed E-state index contributed by atoms with van der Waals surface area (Å²) in [6.45, 7) is 10.3. The van der Waals surface area contributed by atoms with E-state index >= 15 is 0 Å². The highest BCUT2D eigenvalue weighted by atomic mass is 16.5. The van der Waals surface area contributed by atoms with Crippen molar-refractivity contribution in [3.8, 4) is 0 Å². The number of nitrogens with zero attached hydrogens (tertiary/aromatic N) is 1. The molecule has 0 spiro atoms. The Hall–Kier alpha value is -1.06. The largest absolute Gasteiger partial charge is 0.377 e. The molecule has 3 rings (SSSR count). The molecule has 0 radical (unpaired) electrons. The third kappa shape index (κ3) is 2.99. The van der Waals surface area contributed by atoms with Crippen LogP contribution < -0.4 is 10.2 Å². The number of anilines is 1. The third-order valence-electron chi connectivity index (χ3n) is 4.37. The maximum absolute atomic E-state index is 5.62. The zero-order valence-electron chi connectivity index (χ0n) is 12.9. The highest BCUT2D eigenvalue weighted by Crippen LogP contribution is 2.30. The summed E-state index contributed by atoms with van der Waals surface area (Å²) in [5.41, 5.74) is 4.20. The van der Waals surface area contributed by atoms with Crippen molar-refractivity contribution in [1.29, 1.82) is 0 Å². The summed E-state index contributed by atoms with van der Waals surface area (Å²) in [5, 5.41) is 3.58. The summed E-state index contributed by atoms with van der Waals surface area (Å²) < 4.78 is 5.62. The van der Waals surface area contributed by atoms with Crippen LogP contribution in [-0.2, 0) is 11.3 Å². The highest BCUT2D eigenvalue weighted by molar-refractivity contribution is 5.56. The molecule has 110 valence electrons. The third-order valence-corrected chi connectivity index (χ3v) is 4.37. The minimum atomic E-state index is 0.0801. The molecular formula is C17H26N2O. The number of hydrogen-bond donors (Lipinski definition) is 1. The van der Waals surface area contributed by atoms with E-state index in [1.165, 1.54) is 29.7 Å². The number of rotatable bonds is 4.